The monoisotopic (exact) mass is 466 g/mol. The number of carbonyl (C=O) groups excluding carboxylic acids is 2. The first-order valence-electron chi connectivity index (χ1n) is 9.65. The lowest BCUT2D eigenvalue weighted by Gasteiger charge is -2.32. The molecule has 3 N–H and O–H groups in total. The van der Waals surface area contributed by atoms with Crippen molar-refractivity contribution in [3.63, 3.8) is 0 Å². The third-order valence-electron chi connectivity index (χ3n) is 5.29. The molecule has 0 radical (unpaired) electrons. The van der Waals surface area contributed by atoms with Crippen molar-refractivity contribution < 1.29 is 22.4 Å². The highest BCUT2D eigenvalue weighted by Crippen LogP contribution is 2.36. The van der Waals surface area contributed by atoms with E-state index in [0.29, 0.717) is 13.0 Å². The largest absolute Gasteiger partial charge is 0.356 e. The molecule has 4 rings (SSSR count). The van der Waals surface area contributed by atoms with E-state index in [9.17, 15) is 22.4 Å². The quantitative estimate of drug-likeness (QED) is 0.602. The van der Waals surface area contributed by atoms with Crippen molar-refractivity contribution in [2.24, 2.45) is 0 Å². The lowest BCUT2D eigenvalue weighted by atomic mass is 10.1. The summed E-state index contributed by atoms with van der Waals surface area (Å²) in [5.74, 6) is -1.16. The molecule has 164 valence electrons. The Hall–Kier alpha value is -2.69. The molecule has 1 fully saturated rings. The third-order valence-corrected chi connectivity index (χ3v) is 7.03. The summed E-state index contributed by atoms with van der Waals surface area (Å²) in [7, 11) is -3.92. The Kier molecular flexibility index (Phi) is 5.87. The van der Waals surface area contributed by atoms with Crippen molar-refractivity contribution in [3.8, 4) is 0 Å². The second-order valence-corrected chi connectivity index (χ2v) is 9.57. The van der Waals surface area contributed by atoms with Crippen LogP contribution in [0.1, 0.15) is 12.8 Å². The van der Waals surface area contributed by atoms with Gasteiger partial charge in [0.05, 0.1) is 21.3 Å². The van der Waals surface area contributed by atoms with Gasteiger partial charge in [-0.2, -0.15) is 0 Å². The van der Waals surface area contributed by atoms with Crippen molar-refractivity contribution in [3.05, 3.63) is 53.3 Å². The molecule has 2 amide bonds. The molecule has 0 aliphatic carbocycles. The molecule has 2 unspecified atom stereocenters. The number of hydrogen-bond donors (Lipinski definition) is 3. The number of hydrogen-bond acceptors (Lipinski definition) is 5. The zero-order valence-corrected chi connectivity index (χ0v) is 17.8. The van der Waals surface area contributed by atoms with Gasteiger partial charge in [0.25, 0.3) is 0 Å². The Morgan fingerprint density at radius 3 is 2.81 bits per heavy atom. The zero-order chi connectivity index (χ0) is 22.2. The van der Waals surface area contributed by atoms with Crippen LogP contribution in [0.25, 0.3) is 0 Å². The average molecular weight is 467 g/mol. The smallest absolute Gasteiger partial charge is 0.247 e. The Bertz CT molecular complexity index is 1140. The van der Waals surface area contributed by atoms with E-state index in [-0.39, 0.29) is 46.8 Å². The van der Waals surface area contributed by atoms with Crippen LogP contribution in [0, 0.1) is 5.82 Å². The molecule has 2 heterocycles. The predicted octanol–water partition coefficient (Wildman–Crippen LogP) is 1.86. The molecule has 0 saturated carbocycles. The first-order valence-corrected chi connectivity index (χ1v) is 11.5. The fourth-order valence-corrected chi connectivity index (χ4v) is 5.13. The van der Waals surface area contributed by atoms with Gasteiger partial charge in [-0.05, 0) is 36.8 Å². The number of para-hydroxylation sites is 2. The van der Waals surface area contributed by atoms with Crippen LogP contribution in [0.5, 0.6) is 0 Å². The molecule has 0 aromatic heterocycles. The number of fused-ring (bicyclic) bond motifs is 3. The normalized spacial score (nSPS) is 20.1. The summed E-state index contributed by atoms with van der Waals surface area (Å²) in [6.07, 6.45) is 0.379. The van der Waals surface area contributed by atoms with Crippen LogP contribution >= 0.6 is 11.6 Å². The molecule has 0 spiro atoms. The predicted molar refractivity (Wildman–Crippen MR) is 114 cm³/mol. The number of sulfonamides is 1. The van der Waals surface area contributed by atoms with E-state index in [1.165, 1.54) is 0 Å². The maximum atomic E-state index is 13.2. The average Bonchev–Trinajstić information content (AvgIpc) is 3.14. The maximum absolute atomic E-state index is 13.2. The number of nitrogens with zero attached hydrogens (tertiary/aromatic N) is 1. The molecular weight excluding hydrogens is 447 g/mol. The maximum Gasteiger partial charge on any atom is 0.247 e. The van der Waals surface area contributed by atoms with Gasteiger partial charge in [0.1, 0.15) is 11.9 Å². The lowest BCUT2D eigenvalue weighted by Crippen LogP contribution is -2.44. The fourth-order valence-electron chi connectivity index (χ4n) is 3.83. The van der Waals surface area contributed by atoms with Gasteiger partial charge in [-0.25, -0.2) is 17.5 Å². The summed E-state index contributed by atoms with van der Waals surface area (Å²) in [5.41, 5.74) is 1.65. The first-order chi connectivity index (χ1) is 14.7. The van der Waals surface area contributed by atoms with E-state index >= 15 is 0 Å². The van der Waals surface area contributed by atoms with E-state index in [2.05, 4.69) is 15.4 Å². The van der Waals surface area contributed by atoms with Crippen molar-refractivity contribution >= 4 is 44.8 Å². The molecule has 2 aliphatic rings. The van der Waals surface area contributed by atoms with Gasteiger partial charge in [-0.3, -0.25) is 9.59 Å². The summed E-state index contributed by atoms with van der Waals surface area (Å²) < 4.78 is 40.1. The molecular formula is C20H20ClFN4O4S. The van der Waals surface area contributed by atoms with Gasteiger partial charge in [0, 0.05) is 25.6 Å². The second-order valence-electron chi connectivity index (χ2n) is 7.40. The minimum Gasteiger partial charge on any atom is -0.356 e. The van der Waals surface area contributed by atoms with Crippen molar-refractivity contribution in [2.45, 2.75) is 29.8 Å². The number of benzene rings is 2. The number of anilines is 2. The molecule has 2 aliphatic heterocycles. The van der Waals surface area contributed by atoms with Gasteiger partial charge in [0.15, 0.2) is 0 Å². The van der Waals surface area contributed by atoms with E-state index in [1.54, 1.807) is 0 Å². The van der Waals surface area contributed by atoms with Gasteiger partial charge >= 0.3 is 0 Å². The minimum absolute atomic E-state index is 0.0852. The van der Waals surface area contributed by atoms with E-state index in [4.69, 9.17) is 11.6 Å². The molecule has 2 atom stereocenters. The van der Waals surface area contributed by atoms with Crippen LogP contribution in [0.15, 0.2) is 47.4 Å². The van der Waals surface area contributed by atoms with Gasteiger partial charge < -0.3 is 15.5 Å². The Morgan fingerprint density at radius 1 is 1.26 bits per heavy atom. The highest BCUT2D eigenvalue weighted by Gasteiger charge is 2.41. The number of rotatable bonds is 6. The third kappa shape index (κ3) is 4.51. The summed E-state index contributed by atoms with van der Waals surface area (Å²) in [6, 6.07) is 9.96. The molecule has 2 aromatic rings. The SMILES string of the molecule is O=C(CCNS(=O)(=O)c1ccc(F)c(Cl)c1)NC1CC2C(=O)Nc3ccccc3N2C1. The lowest BCUT2D eigenvalue weighted by molar-refractivity contribution is -0.122. The van der Waals surface area contributed by atoms with Crippen LogP contribution in [0.4, 0.5) is 15.8 Å². The second kappa shape index (κ2) is 8.45. The summed E-state index contributed by atoms with van der Waals surface area (Å²) >= 11 is 5.63. The van der Waals surface area contributed by atoms with E-state index in [1.807, 2.05) is 29.2 Å². The van der Waals surface area contributed by atoms with E-state index < -0.39 is 15.8 Å². The number of halogens is 2. The Labute approximate surface area is 183 Å². The number of carbonyl (C=O) groups is 2. The highest BCUT2D eigenvalue weighted by molar-refractivity contribution is 7.89. The Morgan fingerprint density at radius 2 is 2.03 bits per heavy atom. The van der Waals surface area contributed by atoms with Crippen LogP contribution in [0.2, 0.25) is 5.02 Å². The molecule has 0 bridgehead atoms. The number of nitrogens with one attached hydrogen (secondary N) is 3. The zero-order valence-electron chi connectivity index (χ0n) is 16.3. The standard InChI is InChI=1S/C20H20ClFN4O4S/c21-14-10-13(5-6-15(14)22)31(29,30)23-8-7-19(27)24-12-9-18-20(28)25-16-3-1-2-4-17(16)26(18)11-12/h1-6,10,12,18,23H,7-9,11H2,(H,24,27)(H,25,28). The molecule has 8 nitrogen and oxygen atoms in total. The van der Waals surface area contributed by atoms with Crippen LogP contribution in [-0.4, -0.2) is 45.4 Å². The van der Waals surface area contributed by atoms with Crippen LogP contribution in [0.3, 0.4) is 0 Å². The molecule has 31 heavy (non-hydrogen) atoms. The first kappa shape index (κ1) is 21.5. The number of amides is 2. The molecule has 11 heteroatoms. The van der Waals surface area contributed by atoms with Crippen LogP contribution < -0.4 is 20.3 Å². The van der Waals surface area contributed by atoms with Gasteiger partial charge in [0.2, 0.25) is 21.8 Å². The molecule has 1 saturated heterocycles. The van der Waals surface area contributed by atoms with Gasteiger partial charge in [-0.15, -0.1) is 0 Å². The highest BCUT2D eigenvalue weighted by atomic mass is 35.5. The van der Waals surface area contributed by atoms with Crippen molar-refractivity contribution in [2.75, 3.05) is 23.3 Å². The van der Waals surface area contributed by atoms with Crippen LogP contribution in [-0.2, 0) is 19.6 Å². The fraction of sp³-hybridized carbons (Fsp3) is 0.300. The summed E-state index contributed by atoms with van der Waals surface area (Å²) in [6.45, 7) is 0.354. The minimum atomic E-state index is -3.92. The van der Waals surface area contributed by atoms with Crippen molar-refractivity contribution in [1.82, 2.24) is 10.0 Å². The van der Waals surface area contributed by atoms with Crippen molar-refractivity contribution in [1.29, 1.82) is 0 Å². The van der Waals surface area contributed by atoms with E-state index in [0.717, 1.165) is 29.6 Å². The Balaban J connectivity index is 1.31. The summed E-state index contributed by atoms with van der Waals surface area (Å²) in [5, 5.41) is 5.44. The summed E-state index contributed by atoms with van der Waals surface area (Å²) in [4.78, 5) is 26.5. The van der Waals surface area contributed by atoms with Gasteiger partial charge in [-0.1, -0.05) is 23.7 Å². The topological polar surface area (TPSA) is 108 Å². The molecule has 2 aromatic carbocycles.